The lowest BCUT2D eigenvalue weighted by Gasteiger charge is -2.28. The molecule has 0 aliphatic carbocycles. The molecule has 1 aliphatic rings. The molecule has 104 valence electrons. The number of methoxy groups -OCH3 is 1. The number of ether oxygens (including phenoxy) is 1. The molecule has 20 heavy (non-hydrogen) atoms. The molecule has 0 atom stereocenters. The topological polar surface area (TPSA) is 64.3 Å². The quantitative estimate of drug-likeness (QED) is 0.918. The maximum atomic E-state index is 5.97. The van der Waals surface area contributed by atoms with Crippen molar-refractivity contribution in [2.75, 3.05) is 19.4 Å². The molecule has 0 amide bonds. The Balaban J connectivity index is 1.79. The molecule has 2 aromatic rings. The van der Waals surface area contributed by atoms with E-state index in [2.05, 4.69) is 39.1 Å². The number of benzene rings is 1. The first-order valence-electron chi connectivity index (χ1n) is 6.72. The fourth-order valence-electron chi connectivity index (χ4n) is 2.56. The first-order chi connectivity index (χ1) is 9.76. The second-order valence-electron chi connectivity index (χ2n) is 4.97. The monoisotopic (exact) mass is 270 g/mol. The van der Waals surface area contributed by atoms with E-state index in [4.69, 9.17) is 10.5 Å². The van der Waals surface area contributed by atoms with Gasteiger partial charge in [-0.2, -0.15) is 9.97 Å². The molecular weight excluding hydrogens is 252 g/mol. The maximum Gasteiger partial charge on any atom is 0.318 e. The third-order valence-electron chi connectivity index (χ3n) is 3.59. The fraction of sp³-hybridized carbons (Fsp3) is 0.333. The highest BCUT2D eigenvalue weighted by Crippen LogP contribution is 2.24. The minimum atomic E-state index is 0.350. The summed E-state index contributed by atoms with van der Waals surface area (Å²) in [6.45, 7) is 2.68. The number of nitrogens with two attached hydrogens (primary N) is 1. The van der Waals surface area contributed by atoms with Crippen LogP contribution in [0.3, 0.4) is 0 Å². The van der Waals surface area contributed by atoms with Crippen LogP contribution in [0.1, 0.15) is 16.8 Å². The van der Waals surface area contributed by atoms with Crippen LogP contribution in [-0.2, 0) is 19.5 Å². The molecule has 3 rings (SSSR count). The Hall–Kier alpha value is -2.14. The third-order valence-corrected chi connectivity index (χ3v) is 3.59. The molecule has 5 nitrogen and oxygen atoms in total. The molecule has 0 spiro atoms. The SMILES string of the molecule is COc1nc(N)c2c(n1)CN(Cc1ccccc1)CC2. The van der Waals surface area contributed by atoms with Crippen molar-refractivity contribution in [1.29, 1.82) is 0 Å². The molecule has 2 N–H and O–H groups in total. The largest absolute Gasteiger partial charge is 0.467 e. The van der Waals surface area contributed by atoms with Crippen molar-refractivity contribution in [1.82, 2.24) is 14.9 Å². The van der Waals surface area contributed by atoms with E-state index in [1.54, 1.807) is 7.11 Å². The van der Waals surface area contributed by atoms with Gasteiger partial charge in [0.25, 0.3) is 0 Å². The number of aromatic nitrogens is 2. The van der Waals surface area contributed by atoms with Gasteiger partial charge >= 0.3 is 6.01 Å². The zero-order chi connectivity index (χ0) is 13.9. The van der Waals surface area contributed by atoms with Gasteiger partial charge in [0, 0.05) is 25.2 Å². The predicted octanol–water partition coefficient (Wildman–Crippen LogP) is 1.63. The van der Waals surface area contributed by atoms with Crippen LogP contribution in [-0.4, -0.2) is 28.5 Å². The molecule has 0 radical (unpaired) electrons. The van der Waals surface area contributed by atoms with E-state index in [0.29, 0.717) is 11.8 Å². The van der Waals surface area contributed by atoms with Gasteiger partial charge in [0.1, 0.15) is 5.82 Å². The summed E-state index contributed by atoms with van der Waals surface area (Å²) in [7, 11) is 1.56. The number of anilines is 1. The van der Waals surface area contributed by atoms with Gasteiger partial charge in [-0.1, -0.05) is 30.3 Å². The zero-order valence-electron chi connectivity index (χ0n) is 11.5. The average Bonchev–Trinajstić information content (AvgIpc) is 2.48. The Labute approximate surface area is 118 Å². The van der Waals surface area contributed by atoms with E-state index in [1.165, 1.54) is 5.56 Å². The van der Waals surface area contributed by atoms with Crippen LogP contribution in [0.5, 0.6) is 6.01 Å². The summed E-state index contributed by atoms with van der Waals surface area (Å²) < 4.78 is 5.09. The summed E-state index contributed by atoms with van der Waals surface area (Å²) in [6, 6.07) is 10.8. The number of hydrogen-bond acceptors (Lipinski definition) is 5. The lowest BCUT2D eigenvalue weighted by Crippen LogP contribution is -2.31. The Morgan fingerprint density at radius 2 is 2.05 bits per heavy atom. The molecule has 2 heterocycles. The molecule has 1 aromatic heterocycles. The second kappa shape index (κ2) is 5.46. The highest BCUT2D eigenvalue weighted by Gasteiger charge is 2.21. The van der Waals surface area contributed by atoms with Crippen LogP contribution < -0.4 is 10.5 Å². The van der Waals surface area contributed by atoms with E-state index >= 15 is 0 Å². The summed E-state index contributed by atoms with van der Waals surface area (Å²) in [5.41, 5.74) is 9.32. The van der Waals surface area contributed by atoms with E-state index in [-0.39, 0.29) is 0 Å². The lowest BCUT2D eigenvalue weighted by molar-refractivity contribution is 0.239. The number of hydrogen-bond donors (Lipinski definition) is 1. The van der Waals surface area contributed by atoms with Crippen LogP contribution >= 0.6 is 0 Å². The summed E-state index contributed by atoms with van der Waals surface area (Å²) in [6.07, 6.45) is 0.887. The van der Waals surface area contributed by atoms with Crippen molar-refractivity contribution in [3.63, 3.8) is 0 Å². The molecule has 0 fully saturated rings. The minimum absolute atomic E-state index is 0.350. The summed E-state index contributed by atoms with van der Waals surface area (Å²) in [4.78, 5) is 10.9. The molecule has 0 saturated carbocycles. The molecule has 0 saturated heterocycles. The number of nitrogen functional groups attached to an aromatic ring is 1. The van der Waals surface area contributed by atoms with Crippen molar-refractivity contribution < 1.29 is 4.74 Å². The van der Waals surface area contributed by atoms with Crippen molar-refractivity contribution in [3.05, 3.63) is 47.2 Å². The highest BCUT2D eigenvalue weighted by molar-refractivity contribution is 5.44. The van der Waals surface area contributed by atoms with Crippen molar-refractivity contribution >= 4 is 5.82 Å². The van der Waals surface area contributed by atoms with Gasteiger partial charge in [0.15, 0.2) is 0 Å². The zero-order valence-corrected chi connectivity index (χ0v) is 11.5. The van der Waals surface area contributed by atoms with Crippen LogP contribution in [0.15, 0.2) is 30.3 Å². The van der Waals surface area contributed by atoms with E-state index in [9.17, 15) is 0 Å². The Kier molecular flexibility index (Phi) is 3.52. The summed E-state index contributed by atoms with van der Waals surface area (Å²) in [5.74, 6) is 0.547. The smallest absolute Gasteiger partial charge is 0.318 e. The van der Waals surface area contributed by atoms with Crippen LogP contribution in [0, 0.1) is 0 Å². The second-order valence-corrected chi connectivity index (χ2v) is 4.97. The highest BCUT2D eigenvalue weighted by atomic mass is 16.5. The van der Waals surface area contributed by atoms with E-state index in [0.717, 1.165) is 37.3 Å². The van der Waals surface area contributed by atoms with Gasteiger partial charge in [-0.05, 0) is 12.0 Å². The molecule has 0 unspecified atom stereocenters. The number of rotatable bonds is 3. The first kappa shape index (κ1) is 12.9. The van der Waals surface area contributed by atoms with Crippen molar-refractivity contribution in [3.8, 4) is 6.01 Å². The Morgan fingerprint density at radius 1 is 1.25 bits per heavy atom. The molecule has 5 heteroatoms. The van der Waals surface area contributed by atoms with Crippen LogP contribution in [0.2, 0.25) is 0 Å². The lowest BCUT2D eigenvalue weighted by atomic mass is 10.0. The first-order valence-corrected chi connectivity index (χ1v) is 6.72. The third kappa shape index (κ3) is 2.58. The van der Waals surface area contributed by atoms with Gasteiger partial charge in [-0.15, -0.1) is 0 Å². The average molecular weight is 270 g/mol. The normalized spacial score (nSPS) is 14.8. The van der Waals surface area contributed by atoms with Crippen LogP contribution in [0.4, 0.5) is 5.82 Å². The Morgan fingerprint density at radius 3 is 2.80 bits per heavy atom. The maximum absolute atomic E-state index is 5.97. The summed E-state index contributed by atoms with van der Waals surface area (Å²) >= 11 is 0. The number of fused-ring (bicyclic) bond motifs is 1. The summed E-state index contributed by atoms with van der Waals surface area (Å²) in [5, 5.41) is 0. The van der Waals surface area contributed by atoms with Crippen molar-refractivity contribution in [2.24, 2.45) is 0 Å². The molecule has 0 bridgehead atoms. The van der Waals surface area contributed by atoms with E-state index in [1.807, 2.05) is 6.07 Å². The van der Waals surface area contributed by atoms with Gasteiger partial charge in [-0.3, -0.25) is 4.90 Å². The molecular formula is C15H18N4O. The van der Waals surface area contributed by atoms with Gasteiger partial charge in [0.05, 0.1) is 12.8 Å². The standard InChI is InChI=1S/C15H18N4O/c1-20-15-17-13-10-19(8-7-12(13)14(16)18-15)9-11-5-3-2-4-6-11/h2-6H,7-10H2,1H3,(H2,16,17,18). The van der Waals surface area contributed by atoms with E-state index < -0.39 is 0 Å². The van der Waals surface area contributed by atoms with Crippen LogP contribution in [0.25, 0.3) is 0 Å². The minimum Gasteiger partial charge on any atom is -0.467 e. The molecule has 1 aliphatic heterocycles. The van der Waals surface area contributed by atoms with Crippen molar-refractivity contribution in [2.45, 2.75) is 19.5 Å². The molecule has 1 aromatic carbocycles. The fourth-order valence-corrected chi connectivity index (χ4v) is 2.56. The van der Waals surface area contributed by atoms with Gasteiger partial charge < -0.3 is 10.5 Å². The Bertz CT molecular complexity index is 600. The predicted molar refractivity (Wildman–Crippen MR) is 77.3 cm³/mol. The van der Waals surface area contributed by atoms with Gasteiger partial charge in [0.2, 0.25) is 0 Å². The van der Waals surface area contributed by atoms with Gasteiger partial charge in [-0.25, -0.2) is 0 Å². The number of nitrogens with zero attached hydrogens (tertiary/aromatic N) is 3.